The van der Waals surface area contributed by atoms with Crippen molar-refractivity contribution < 1.29 is 13.2 Å². The molecule has 1 aromatic rings. The van der Waals surface area contributed by atoms with E-state index in [1.54, 1.807) is 11.3 Å². The Labute approximate surface area is 145 Å². The molecule has 24 heavy (non-hydrogen) atoms. The number of alkyl halides is 3. The zero-order valence-electron chi connectivity index (χ0n) is 14.6. The third kappa shape index (κ3) is 8.49. The normalized spacial score (nSPS) is 12.8. The number of nitrogens with one attached hydrogen (secondary N) is 2. The molecule has 0 spiro atoms. The van der Waals surface area contributed by atoms with Gasteiger partial charge in [-0.15, -0.1) is 11.3 Å². The maximum absolute atomic E-state index is 12.3. The predicted molar refractivity (Wildman–Crippen MR) is 92.8 cm³/mol. The van der Waals surface area contributed by atoms with E-state index in [1.165, 1.54) is 16.8 Å². The third-order valence-corrected chi connectivity index (χ3v) is 4.38. The van der Waals surface area contributed by atoms with Gasteiger partial charge in [-0.1, -0.05) is 0 Å². The molecule has 0 radical (unpaired) electrons. The lowest BCUT2D eigenvalue weighted by molar-refractivity contribution is -0.142. The zero-order chi connectivity index (χ0) is 18.2. The van der Waals surface area contributed by atoms with E-state index in [-0.39, 0.29) is 6.54 Å². The number of hydrogen-bond acceptors (Lipinski definition) is 4. The molecule has 0 aliphatic heterocycles. The average molecular weight is 365 g/mol. The molecule has 138 valence electrons. The molecule has 0 saturated carbocycles. The topological polar surface area (TPSA) is 52.6 Å². The molecule has 0 atom stereocenters. The van der Waals surface area contributed by atoms with Crippen molar-refractivity contribution in [3.05, 3.63) is 15.6 Å². The van der Waals surface area contributed by atoms with E-state index in [4.69, 9.17) is 0 Å². The number of thiazole rings is 1. The van der Waals surface area contributed by atoms with Crippen LogP contribution in [0.4, 0.5) is 13.2 Å². The fourth-order valence-corrected chi connectivity index (χ4v) is 2.93. The zero-order valence-corrected chi connectivity index (χ0v) is 15.4. The number of hydrogen-bond donors (Lipinski definition) is 2. The minimum atomic E-state index is -4.18. The van der Waals surface area contributed by atoms with Gasteiger partial charge in [0, 0.05) is 30.9 Å². The van der Waals surface area contributed by atoms with Crippen LogP contribution in [0.5, 0.6) is 0 Å². The number of aryl methyl sites for hydroxylation is 2. The van der Waals surface area contributed by atoms with Crippen LogP contribution in [0.3, 0.4) is 0 Å². The van der Waals surface area contributed by atoms with Crippen LogP contribution >= 0.6 is 11.3 Å². The van der Waals surface area contributed by atoms with Gasteiger partial charge in [-0.2, -0.15) is 13.2 Å². The molecule has 0 unspecified atom stereocenters. The molecule has 0 aliphatic rings. The molecule has 9 heteroatoms. The number of rotatable bonds is 8. The summed E-state index contributed by atoms with van der Waals surface area (Å²) in [6, 6.07) is 0. The van der Waals surface area contributed by atoms with Crippen LogP contribution in [-0.2, 0) is 6.42 Å². The molecule has 1 heterocycles. The number of guanidine groups is 1. The minimum absolute atomic E-state index is 0.251. The quantitative estimate of drug-likeness (QED) is 0.549. The largest absolute Gasteiger partial charge is 0.401 e. The molecule has 1 rings (SSSR count). The summed E-state index contributed by atoms with van der Waals surface area (Å²) in [6.07, 6.45) is -3.39. The Balaban J connectivity index is 2.39. The summed E-state index contributed by atoms with van der Waals surface area (Å²) in [5, 5.41) is 7.34. The molecule has 0 fully saturated rings. The highest BCUT2D eigenvalue weighted by Crippen LogP contribution is 2.16. The van der Waals surface area contributed by atoms with E-state index in [0.29, 0.717) is 25.6 Å². The lowest BCUT2D eigenvalue weighted by Gasteiger charge is -2.17. The van der Waals surface area contributed by atoms with Gasteiger partial charge in [0.2, 0.25) is 0 Å². The van der Waals surface area contributed by atoms with Crippen molar-refractivity contribution in [1.29, 1.82) is 0 Å². The van der Waals surface area contributed by atoms with Crippen molar-refractivity contribution in [2.75, 3.05) is 39.8 Å². The summed E-state index contributed by atoms with van der Waals surface area (Å²) in [6.45, 7) is 6.99. The molecule has 0 saturated heterocycles. The summed E-state index contributed by atoms with van der Waals surface area (Å²) >= 11 is 1.68. The fourth-order valence-electron chi connectivity index (χ4n) is 1.99. The Morgan fingerprint density at radius 1 is 1.29 bits per heavy atom. The van der Waals surface area contributed by atoms with Gasteiger partial charge in [-0.05, 0) is 27.8 Å². The van der Waals surface area contributed by atoms with Crippen LogP contribution in [0, 0.1) is 13.8 Å². The van der Waals surface area contributed by atoms with Crippen molar-refractivity contribution >= 4 is 17.3 Å². The summed E-state index contributed by atoms with van der Waals surface area (Å²) in [5.41, 5.74) is 1.06. The maximum atomic E-state index is 12.3. The van der Waals surface area contributed by atoms with Crippen molar-refractivity contribution in [1.82, 2.24) is 20.5 Å². The molecule has 0 amide bonds. The molecule has 0 aliphatic carbocycles. The standard InChI is InChI=1S/C15H26F3N5S/c1-5-19-14(21-8-9-23(4)10-15(16,17)18)20-7-6-13-22-11(2)12(3)24-13/h5-10H2,1-4H3,(H2,19,20,21). The molecule has 0 aromatic carbocycles. The van der Waals surface area contributed by atoms with Crippen LogP contribution in [0.1, 0.15) is 22.5 Å². The van der Waals surface area contributed by atoms with Gasteiger partial charge in [0.15, 0.2) is 5.96 Å². The highest BCUT2D eigenvalue weighted by atomic mass is 32.1. The summed E-state index contributed by atoms with van der Waals surface area (Å²) in [4.78, 5) is 11.2. The van der Waals surface area contributed by atoms with Crippen LogP contribution < -0.4 is 10.6 Å². The van der Waals surface area contributed by atoms with Gasteiger partial charge in [0.1, 0.15) is 0 Å². The van der Waals surface area contributed by atoms with Gasteiger partial charge in [-0.25, -0.2) is 4.98 Å². The molecular weight excluding hydrogens is 339 g/mol. The second-order valence-electron chi connectivity index (χ2n) is 5.54. The Kier molecular flexibility index (Phi) is 8.47. The summed E-state index contributed by atoms with van der Waals surface area (Å²) < 4.78 is 36.8. The first-order valence-corrected chi connectivity index (χ1v) is 8.73. The van der Waals surface area contributed by atoms with Gasteiger partial charge in [0.25, 0.3) is 0 Å². The van der Waals surface area contributed by atoms with E-state index in [1.807, 2.05) is 20.8 Å². The van der Waals surface area contributed by atoms with Crippen molar-refractivity contribution in [2.45, 2.75) is 33.4 Å². The Hall–Kier alpha value is -1.35. The van der Waals surface area contributed by atoms with Crippen LogP contribution in [0.25, 0.3) is 0 Å². The van der Waals surface area contributed by atoms with E-state index in [9.17, 15) is 13.2 Å². The van der Waals surface area contributed by atoms with Gasteiger partial charge in [0.05, 0.1) is 23.8 Å². The molecule has 1 aromatic heterocycles. The average Bonchev–Trinajstić information content (AvgIpc) is 2.75. The van der Waals surface area contributed by atoms with E-state index in [2.05, 4.69) is 20.6 Å². The van der Waals surface area contributed by atoms with Crippen LogP contribution in [0.2, 0.25) is 0 Å². The van der Waals surface area contributed by atoms with Crippen LogP contribution in [-0.4, -0.2) is 61.8 Å². The lowest BCUT2D eigenvalue weighted by atomic mass is 10.4. The number of aliphatic imine (C=N–C) groups is 1. The van der Waals surface area contributed by atoms with E-state index < -0.39 is 12.7 Å². The van der Waals surface area contributed by atoms with Gasteiger partial charge >= 0.3 is 6.18 Å². The highest BCUT2D eigenvalue weighted by Gasteiger charge is 2.28. The Morgan fingerprint density at radius 2 is 2.00 bits per heavy atom. The number of likely N-dealkylation sites (N-methyl/N-ethyl adjacent to an activating group) is 1. The monoisotopic (exact) mass is 365 g/mol. The molecular formula is C15H26F3N5S. The molecule has 0 bridgehead atoms. The number of aromatic nitrogens is 1. The van der Waals surface area contributed by atoms with Gasteiger partial charge < -0.3 is 10.6 Å². The number of nitrogens with zero attached hydrogens (tertiary/aromatic N) is 3. The first-order chi connectivity index (χ1) is 11.2. The highest BCUT2D eigenvalue weighted by molar-refractivity contribution is 7.11. The lowest BCUT2D eigenvalue weighted by Crippen LogP contribution is -2.39. The van der Waals surface area contributed by atoms with Crippen molar-refractivity contribution in [3.63, 3.8) is 0 Å². The molecule has 5 nitrogen and oxygen atoms in total. The minimum Gasteiger partial charge on any atom is -0.357 e. The van der Waals surface area contributed by atoms with Crippen molar-refractivity contribution in [2.24, 2.45) is 4.99 Å². The first-order valence-electron chi connectivity index (χ1n) is 7.91. The van der Waals surface area contributed by atoms with E-state index >= 15 is 0 Å². The molecule has 2 N–H and O–H groups in total. The summed E-state index contributed by atoms with van der Waals surface area (Å²) in [7, 11) is 1.44. The van der Waals surface area contributed by atoms with Gasteiger partial charge in [-0.3, -0.25) is 9.89 Å². The van der Waals surface area contributed by atoms with Crippen LogP contribution in [0.15, 0.2) is 4.99 Å². The smallest absolute Gasteiger partial charge is 0.357 e. The second kappa shape index (κ2) is 9.83. The third-order valence-electron chi connectivity index (χ3n) is 3.25. The fraction of sp³-hybridized carbons (Fsp3) is 0.733. The van der Waals surface area contributed by atoms with Crippen molar-refractivity contribution in [3.8, 4) is 0 Å². The second-order valence-corrected chi connectivity index (χ2v) is 6.83. The first kappa shape index (κ1) is 20.7. The number of halogens is 3. The maximum Gasteiger partial charge on any atom is 0.401 e. The Bertz CT molecular complexity index is 508. The Morgan fingerprint density at radius 3 is 2.54 bits per heavy atom. The summed E-state index contributed by atoms with van der Waals surface area (Å²) in [5.74, 6) is 0.614. The van der Waals surface area contributed by atoms with E-state index in [0.717, 1.165) is 17.1 Å². The predicted octanol–water partition coefficient (Wildman–Crippen LogP) is 2.35. The SMILES string of the molecule is CCNC(=NCCN(C)CC(F)(F)F)NCCc1nc(C)c(C)s1.